The maximum atomic E-state index is 11.8. The highest BCUT2D eigenvalue weighted by atomic mass is 35.5. The number of hydrogen-bond donors (Lipinski definition) is 2. The van der Waals surface area contributed by atoms with Crippen molar-refractivity contribution >= 4 is 17.5 Å². The van der Waals surface area contributed by atoms with Gasteiger partial charge in [-0.3, -0.25) is 9.69 Å². The van der Waals surface area contributed by atoms with Crippen LogP contribution in [0.1, 0.15) is 24.0 Å². The number of likely N-dealkylation sites (N-methyl/N-ethyl adjacent to an activating group) is 1. The molecule has 0 spiro atoms. The second-order valence-corrected chi connectivity index (χ2v) is 5.28. The Bertz CT molecular complexity index is 464. The van der Waals surface area contributed by atoms with E-state index >= 15 is 0 Å². The van der Waals surface area contributed by atoms with Gasteiger partial charge in [-0.25, -0.2) is 0 Å². The molecule has 0 saturated carbocycles. The number of carbonyl (C=O) groups excluding carboxylic acids is 1. The van der Waals surface area contributed by atoms with Gasteiger partial charge in [0.05, 0.1) is 6.04 Å². The molecule has 0 aliphatic carbocycles. The molecule has 1 aliphatic rings. The first-order valence-electron chi connectivity index (χ1n) is 6.58. The molecule has 3 N–H and O–H groups in total. The van der Waals surface area contributed by atoms with Gasteiger partial charge in [-0.15, -0.1) is 0 Å². The first-order chi connectivity index (χ1) is 9.15. The predicted molar refractivity (Wildman–Crippen MR) is 76.8 cm³/mol. The van der Waals surface area contributed by atoms with Gasteiger partial charge in [0.25, 0.3) is 0 Å². The largest absolute Gasteiger partial charge is 0.358 e. The molecule has 1 saturated heterocycles. The van der Waals surface area contributed by atoms with Crippen molar-refractivity contribution in [1.82, 2.24) is 10.2 Å². The zero-order chi connectivity index (χ0) is 13.8. The number of hydrogen-bond acceptors (Lipinski definition) is 3. The lowest BCUT2D eigenvalue weighted by Crippen LogP contribution is -2.41. The van der Waals surface area contributed by atoms with Gasteiger partial charge >= 0.3 is 0 Å². The van der Waals surface area contributed by atoms with E-state index in [9.17, 15) is 4.79 Å². The van der Waals surface area contributed by atoms with Crippen LogP contribution in [0.25, 0.3) is 0 Å². The summed E-state index contributed by atoms with van der Waals surface area (Å²) < 4.78 is 0. The quantitative estimate of drug-likeness (QED) is 0.880. The Morgan fingerprint density at radius 2 is 2.37 bits per heavy atom. The van der Waals surface area contributed by atoms with Crippen LogP contribution < -0.4 is 11.1 Å². The van der Waals surface area contributed by atoms with Crippen molar-refractivity contribution in [2.75, 3.05) is 13.6 Å². The lowest BCUT2D eigenvalue weighted by molar-refractivity contribution is -0.125. The van der Waals surface area contributed by atoms with Crippen LogP contribution in [-0.4, -0.2) is 30.4 Å². The minimum absolute atomic E-state index is 0.0322. The van der Waals surface area contributed by atoms with E-state index in [2.05, 4.69) is 10.2 Å². The standard InChI is InChI=1S/C14H20ClN3O/c1-17-14(19)13-3-2-6-18(13)9-11-5-4-10(8-16)7-12(11)15/h4-5,7,13H,2-3,6,8-9,16H2,1H3,(H,17,19). The topological polar surface area (TPSA) is 58.4 Å². The van der Waals surface area contributed by atoms with Gasteiger partial charge in [-0.1, -0.05) is 23.7 Å². The summed E-state index contributed by atoms with van der Waals surface area (Å²) in [4.78, 5) is 14.0. The molecule has 1 unspecified atom stereocenters. The number of rotatable bonds is 4. The van der Waals surface area contributed by atoms with Gasteiger partial charge in [0.2, 0.25) is 5.91 Å². The van der Waals surface area contributed by atoms with Gasteiger partial charge in [0.1, 0.15) is 0 Å². The van der Waals surface area contributed by atoms with Crippen molar-refractivity contribution in [2.45, 2.75) is 32.0 Å². The van der Waals surface area contributed by atoms with E-state index in [1.165, 1.54) is 0 Å². The molecule has 2 rings (SSSR count). The number of amides is 1. The Kier molecular flexibility index (Phi) is 4.80. The molecular formula is C14H20ClN3O. The van der Waals surface area contributed by atoms with Crippen molar-refractivity contribution in [3.8, 4) is 0 Å². The molecule has 0 bridgehead atoms. The van der Waals surface area contributed by atoms with Crippen LogP contribution in [0, 0.1) is 0 Å². The van der Waals surface area contributed by atoms with Crippen LogP contribution >= 0.6 is 11.6 Å². The molecule has 19 heavy (non-hydrogen) atoms. The molecule has 1 fully saturated rings. The average molecular weight is 282 g/mol. The van der Waals surface area contributed by atoms with Crippen molar-refractivity contribution in [3.05, 3.63) is 34.3 Å². The molecule has 0 aromatic heterocycles. The molecular weight excluding hydrogens is 262 g/mol. The van der Waals surface area contributed by atoms with Crippen LogP contribution in [0.2, 0.25) is 5.02 Å². The lowest BCUT2D eigenvalue weighted by Gasteiger charge is -2.23. The summed E-state index contributed by atoms with van der Waals surface area (Å²) in [6.07, 6.45) is 1.97. The van der Waals surface area contributed by atoms with Crippen molar-refractivity contribution in [1.29, 1.82) is 0 Å². The van der Waals surface area contributed by atoms with E-state index in [1.807, 2.05) is 18.2 Å². The minimum atomic E-state index is -0.0322. The summed E-state index contributed by atoms with van der Waals surface area (Å²) in [6.45, 7) is 2.14. The monoisotopic (exact) mass is 281 g/mol. The van der Waals surface area contributed by atoms with Crippen LogP contribution in [0.3, 0.4) is 0 Å². The van der Waals surface area contributed by atoms with Crippen molar-refractivity contribution < 1.29 is 4.79 Å². The van der Waals surface area contributed by atoms with Gasteiger partial charge in [0, 0.05) is 25.2 Å². The number of carbonyl (C=O) groups is 1. The van der Waals surface area contributed by atoms with Gasteiger partial charge in [-0.05, 0) is 36.6 Å². The van der Waals surface area contributed by atoms with Crippen molar-refractivity contribution in [3.63, 3.8) is 0 Å². The normalized spacial score (nSPS) is 19.6. The fourth-order valence-electron chi connectivity index (χ4n) is 2.54. The summed E-state index contributed by atoms with van der Waals surface area (Å²) in [5.74, 6) is 0.0900. The smallest absolute Gasteiger partial charge is 0.237 e. The number of nitrogens with one attached hydrogen (secondary N) is 1. The summed E-state index contributed by atoms with van der Waals surface area (Å²) in [6, 6.07) is 5.87. The highest BCUT2D eigenvalue weighted by Crippen LogP contribution is 2.24. The zero-order valence-corrected chi connectivity index (χ0v) is 11.9. The van der Waals surface area contributed by atoms with Crippen LogP contribution in [0.4, 0.5) is 0 Å². The van der Waals surface area contributed by atoms with Crippen molar-refractivity contribution in [2.24, 2.45) is 5.73 Å². The Hall–Kier alpha value is -1.10. The maximum absolute atomic E-state index is 11.8. The first kappa shape index (κ1) is 14.3. The number of halogens is 1. The number of benzene rings is 1. The molecule has 1 amide bonds. The molecule has 1 atom stereocenters. The second kappa shape index (κ2) is 6.37. The maximum Gasteiger partial charge on any atom is 0.237 e. The van der Waals surface area contributed by atoms with E-state index in [0.717, 1.165) is 35.5 Å². The third kappa shape index (κ3) is 3.26. The molecule has 1 aliphatic heterocycles. The van der Waals surface area contributed by atoms with Gasteiger partial charge in [0.15, 0.2) is 0 Å². The Balaban J connectivity index is 2.10. The number of nitrogens with two attached hydrogens (primary N) is 1. The molecule has 4 nitrogen and oxygen atoms in total. The summed E-state index contributed by atoms with van der Waals surface area (Å²) in [7, 11) is 1.68. The Morgan fingerprint density at radius 3 is 3.00 bits per heavy atom. The van der Waals surface area contributed by atoms with E-state index in [0.29, 0.717) is 13.1 Å². The summed E-state index contributed by atoms with van der Waals surface area (Å²) >= 11 is 6.26. The molecule has 5 heteroatoms. The molecule has 0 radical (unpaired) electrons. The zero-order valence-electron chi connectivity index (χ0n) is 11.2. The first-order valence-corrected chi connectivity index (χ1v) is 6.96. The molecule has 1 aromatic rings. The summed E-state index contributed by atoms with van der Waals surface area (Å²) in [5, 5.41) is 3.45. The fraction of sp³-hybridized carbons (Fsp3) is 0.500. The van der Waals surface area contributed by atoms with E-state index in [4.69, 9.17) is 17.3 Å². The second-order valence-electron chi connectivity index (χ2n) is 4.87. The highest BCUT2D eigenvalue weighted by molar-refractivity contribution is 6.31. The molecule has 1 heterocycles. The third-order valence-corrected chi connectivity index (χ3v) is 3.99. The van der Waals surface area contributed by atoms with Gasteiger partial charge in [-0.2, -0.15) is 0 Å². The van der Waals surface area contributed by atoms with Crippen LogP contribution in [0.5, 0.6) is 0 Å². The third-order valence-electron chi connectivity index (χ3n) is 3.64. The van der Waals surface area contributed by atoms with Crippen LogP contribution in [0.15, 0.2) is 18.2 Å². The summed E-state index contributed by atoms with van der Waals surface area (Å²) in [5.41, 5.74) is 7.67. The van der Waals surface area contributed by atoms with Gasteiger partial charge < -0.3 is 11.1 Å². The van der Waals surface area contributed by atoms with Crippen LogP contribution in [-0.2, 0) is 17.9 Å². The van der Waals surface area contributed by atoms with E-state index in [-0.39, 0.29) is 11.9 Å². The average Bonchev–Trinajstić information content (AvgIpc) is 2.88. The SMILES string of the molecule is CNC(=O)C1CCCN1Cc1ccc(CN)cc1Cl. The number of nitrogens with zero attached hydrogens (tertiary/aromatic N) is 1. The van der Waals surface area contributed by atoms with E-state index in [1.54, 1.807) is 7.05 Å². The van der Waals surface area contributed by atoms with E-state index < -0.39 is 0 Å². The Labute approximate surface area is 118 Å². The minimum Gasteiger partial charge on any atom is -0.358 e. The fourth-order valence-corrected chi connectivity index (χ4v) is 2.81. The molecule has 104 valence electrons. The highest BCUT2D eigenvalue weighted by Gasteiger charge is 2.30. The predicted octanol–water partition coefficient (Wildman–Crippen LogP) is 1.51. The Morgan fingerprint density at radius 1 is 1.58 bits per heavy atom. The molecule has 1 aromatic carbocycles. The number of likely N-dealkylation sites (tertiary alicyclic amines) is 1. The lowest BCUT2D eigenvalue weighted by atomic mass is 10.1.